The lowest BCUT2D eigenvalue weighted by atomic mass is 9.77. The van der Waals surface area contributed by atoms with Gasteiger partial charge in [-0.3, -0.25) is 9.88 Å². The molecule has 0 saturated carbocycles. The minimum Gasteiger partial charge on any atom is -0.313 e. The Balaban J connectivity index is 1.79. The van der Waals surface area contributed by atoms with E-state index >= 15 is 0 Å². The van der Waals surface area contributed by atoms with Gasteiger partial charge in [0.1, 0.15) is 0 Å². The summed E-state index contributed by atoms with van der Waals surface area (Å²) < 4.78 is 0. The van der Waals surface area contributed by atoms with E-state index in [0.29, 0.717) is 0 Å². The lowest BCUT2D eigenvalue weighted by Crippen LogP contribution is -2.65. The van der Waals surface area contributed by atoms with Crippen molar-refractivity contribution in [3.05, 3.63) is 30.1 Å². The van der Waals surface area contributed by atoms with E-state index in [1.165, 1.54) is 31.5 Å². The Morgan fingerprint density at radius 3 is 2.81 bits per heavy atom. The number of piperidine rings is 3. The minimum absolute atomic E-state index is 0.107. The van der Waals surface area contributed by atoms with Crippen LogP contribution in [0.4, 0.5) is 0 Å². The molecule has 2 bridgehead atoms. The Kier molecular flexibility index (Phi) is 2.45. The molecule has 0 amide bonds. The van der Waals surface area contributed by atoms with E-state index in [-0.39, 0.29) is 5.66 Å². The maximum atomic E-state index is 6.57. The molecular formula is C13H19N3. The quantitative estimate of drug-likeness (QED) is 0.814. The first-order valence-corrected chi connectivity index (χ1v) is 6.19. The topological polar surface area (TPSA) is 42.1 Å². The van der Waals surface area contributed by atoms with E-state index in [2.05, 4.69) is 16.0 Å². The third kappa shape index (κ3) is 1.74. The van der Waals surface area contributed by atoms with Crippen LogP contribution in [0.2, 0.25) is 0 Å². The molecule has 0 radical (unpaired) electrons. The highest BCUT2D eigenvalue weighted by molar-refractivity contribution is 5.14. The van der Waals surface area contributed by atoms with E-state index < -0.39 is 0 Å². The standard InChI is InChI=1S/C13H19N3/c14-13(9-12-2-1-5-15-10-12)8-11-3-6-16(13)7-4-11/h1-2,5,10-11H,3-4,6-9,14H2. The Morgan fingerprint density at radius 2 is 2.25 bits per heavy atom. The molecule has 3 fully saturated rings. The summed E-state index contributed by atoms with van der Waals surface area (Å²) in [6.45, 7) is 2.36. The first kappa shape index (κ1) is 10.2. The van der Waals surface area contributed by atoms with Crippen LogP contribution < -0.4 is 5.73 Å². The molecule has 1 aromatic rings. The van der Waals surface area contributed by atoms with Gasteiger partial charge in [-0.1, -0.05) is 6.07 Å². The van der Waals surface area contributed by atoms with Gasteiger partial charge < -0.3 is 5.73 Å². The van der Waals surface area contributed by atoms with Crippen molar-refractivity contribution in [3.63, 3.8) is 0 Å². The summed E-state index contributed by atoms with van der Waals surface area (Å²) in [6, 6.07) is 4.13. The number of fused-ring (bicyclic) bond motifs is 3. The molecular weight excluding hydrogens is 198 g/mol. The van der Waals surface area contributed by atoms with Crippen LogP contribution in [0.1, 0.15) is 24.8 Å². The summed E-state index contributed by atoms with van der Waals surface area (Å²) in [4.78, 5) is 6.64. The molecule has 3 nitrogen and oxygen atoms in total. The summed E-state index contributed by atoms with van der Waals surface area (Å²) in [5.74, 6) is 0.853. The molecule has 0 aromatic carbocycles. The van der Waals surface area contributed by atoms with Crippen molar-refractivity contribution in [1.82, 2.24) is 9.88 Å². The maximum Gasteiger partial charge on any atom is 0.0731 e. The van der Waals surface area contributed by atoms with Gasteiger partial charge in [-0.25, -0.2) is 0 Å². The molecule has 1 atom stereocenters. The smallest absolute Gasteiger partial charge is 0.0731 e. The number of hydrogen-bond acceptors (Lipinski definition) is 3. The molecule has 3 aliphatic rings. The first-order chi connectivity index (χ1) is 7.76. The van der Waals surface area contributed by atoms with Gasteiger partial charge in [-0.2, -0.15) is 0 Å². The van der Waals surface area contributed by atoms with Crippen LogP contribution in [0.5, 0.6) is 0 Å². The van der Waals surface area contributed by atoms with Crippen LogP contribution in [0.15, 0.2) is 24.5 Å². The average molecular weight is 217 g/mol. The van der Waals surface area contributed by atoms with Gasteiger partial charge in [0, 0.05) is 31.9 Å². The fourth-order valence-corrected chi connectivity index (χ4v) is 3.25. The van der Waals surface area contributed by atoms with Crippen LogP contribution in [-0.2, 0) is 6.42 Å². The third-order valence-corrected chi connectivity index (χ3v) is 4.12. The summed E-state index contributed by atoms with van der Waals surface area (Å²) in [7, 11) is 0. The van der Waals surface area contributed by atoms with Crippen molar-refractivity contribution in [1.29, 1.82) is 0 Å². The van der Waals surface area contributed by atoms with Crippen molar-refractivity contribution in [3.8, 4) is 0 Å². The highest BCUT2D eigenvalue weighted by atomic mass is 15.3. The van der Waals surface area contributed by atoms with Gasteiger partial charge >= 0.3 is 0 Å². The molecule has 3 aliphatic heterocycles. The van der Waals surface area contributed by atoms with E-state index in [1.54, 1.807) is 0 Å². The first-order valence-electron chi connectivity index (χ1n) is 6.19. The second-order valence-electron chi connectivity index (χ2n) is 5.28. The summed E-state index contributed by atoms with van der Waals surface area (Å²) in [6.07, 6.45) is 8.54. The minimum atomic E-state index is -0.107. The number of nitrogens with two attached hydrogens (primary N) is 1. The van der Waals surface area contributed by atoms with Crippen LogP contribution >= 0.6 is 0 Å². The predicted octanol–water partition coefficient (Wildman–Crippen LogP) is 1.39. The highest BCUT2D eigenvalue weighted by Crippen LogP contribution is 2.37. The van der Waals surface area contributed by atoms with Crippen LogP contribution in [-0.4, -0.2) is 28.6 Å². The Bertz CT molecular complexity index is 357. The lowest BCUT2D eigenvalue weighted by Gasteiger charge is -2.52. The van der Waals surface area contributed by atoms with E-state index in [0.717, 1.165) is 18.8 Å². The molecule has 4 rings (SSSR count). The Hall–Kier alpha value is -0.930. The van der Waals surface area contributed by atoms with Gasteiger partial charge in [-0.05, 0) is 36.8 Å². The zero-order valence-corrected chi connectivity index (χ0v) is 9.60. The molecule has 1 aromatic heterocycles. The predicted molar refractivity (Wildman–Crippen MR) is 63.8 cm³/mol. The maximum absolute atomic E-state index is 6.57. The number of pyridine rings is 1. The van der Waals surface area contributed by atoms with Crippen molar-refractivity contribution < 1.29 is 0 Å². The van der Waals surface area contributed by atoms with Gasteiger partial charge in [0.15, 0.2) is 0 Å². The Labute approximate surface area is 96.7 Å². The Morgan fingerprint density at radius 1 is 1.44 bits per heavy atom. The molecule has 2 N–H and O–H groups in total. The average Bonchev–Trinajstić information content (AvgIpc) is 2.31. The highest BCUT2D eigenvalue weighted by Gasteiger charge is 2.42. The van der Waals surface area contributed by atoms with E-state index in [1.807, 2.05) is 18.5 Å². The van der Waals surface area contributed by atoms with E-state index in [9.17, 15) is 0 Å². The largest absolute Gasteiger partial charge is 0.313 e. The fraction of sp³-hybridized carbons (Fsp3) is 0.615. The number of nitrogens with zero attached hydrogens (tertiary/aromatic N) is 2. The lowest BCUT2D eigenvalue weighted by molar-refractivity contribution is -0.0257. The van der Waals surface area contributed by atoms with Crippen molar-refractivity contribution in [2.24, 2.45) is 11.7 Å². The number of aromatic nitrogens is 1. The second kappa shape index (κ2) is 3.82. The van der Waals surface area contributed by atoms with E-state index in [4.69, 9.17) is 5.73 Å². The van der Waals surface area contributed by atoms with Gasteiger partial charge in [-0.15, -0.1) is 0 Å². The third-order valence-electron chi connectivity index (χ3n) is 4.12. The molecule has 3 heteroatoms. The summed E-state index contributed by atoms with van der Waals surface area (Å²) in [5.41, 5.74) is 7.73. The van der Waals surface area contributed by atoms with Gasteiger partial charge in [0.2, 0.25) is 0 Å². The second-order valence-corrected chi connectivity index (χ2v) is 5.28. The normalized spacial score (nSPS) is 37.6. The number of rotatable bonds is 2. The van der Waals surface area contributed by atoms with Crippen LogP contribution in [0.3, 0.4) is 0 Å². The molecule has 4 heterocycles. The van der Waals surface area contributed by atoms with Crippen LogP contribution in [0.25, 0.3) is 0 Å². The summed E-state index contributed by atoms with van der Waals surface area (Å²) in [5, 5.41) is 0. The van der Waals surface area contributed by atoms with Crippen molar-refractivity contribution in [2.45, 2.75) is 31.3 Å². The molecule has 16 heavy (non-hydrogen) atoms. The molecule has 0 aliphatic carbocycles. The van der Waals surface area contributed by atoms with Crippen molar-refractivity contribution in [2.75, 3.05) is 13.1 Å². The van der Waals surface area contributed by atoms with Crippen LogP contribution in [0, 0.1) is 5.92 Å². The van der Waals surface area contributed by atoms with Gasteiger partial charge in [0.05, 0.1) is 5.66 Å². The SMILES string of the molecule is NC1(Cc2cccnc2)CC2CCN1CC2. The zero-order chi connectivity index (χ0) is 11.0. The monoisotopic (exact) mass is 217 g/mol. The fourth-order valence-electron chi connectivity index (χ4n) is 3.25. The molecule has 86 valence electrons. The van der Waals surface area contributed by atoms with Crippen molar-refractivity contribution >= 4 is 0 Å². The summed E-state index contributed by atoms with van der Waals surface area (Å²) >= 11 is 0. The molecule has 1 unspecified atom stereocenters. The van der Waals surface area contributed by atoms with Gasteiger partial charge in [0.25, 0.3) is 0 Å². The zero-order valence-electron chi connectivity index (χ0n) is 9.60. The molecule has 0 spiro atoms. The number of hydrogen-bond donors (Lipinski definition) is 1. The molecule has 3 saturated heterocycles.